The fourth-order valence-electron chi connectivity index (χ4n) is 3.08. The van der Waals surface area contributed by atoms with Gasteiger partial charge in [0.05, 0.1) is 18.6 Å². The first-order valence-electron chi connectivity index (χ1n) is 7.49. The van der Waals surface area contributed by atoms with Gasteiger partial charge in [-0.15, -0.1) is 0 Å². The molecular weight excluding hydrogens is 376 g/mol. The molecule has 1 heterocycles. The zero-order valence-electron chi connectivity index (χ0n) is 13.9. The molecule has 0 amide bonds. The molecule has 4 atom stereocenters. The summed E-state index contributed by atoms with van der Waals surface area (Å²) in [4.78, 5) is 25.4. The minimum Gasteiger partial charge on any atom is -0.295 e. The normalized spacial score (nSPS) is 27.5. The maximum atomic E-state index is 12.1. The zero-order valence-corrected chi connectivity index (χ0v) is 15.5. The van der Waals surface area contributed by atoms with Crippen molar-refractivity contribution in [2.24, 2.45) is 5.92 Å². The third-order valence-corrected chi connectivity index (χ3v) is 5.16. The molecule has 1 saturated carbocycles. The predicted molar refractivity (Wildman–Crippen MR) is 88.2 cm³/mol. The second kappa shape index (κ2) is 7.02. The first kappa shape index (κ1) is 19.8. The van der Waals surface area contributed by atoms with Gasteiger partial charge in [-0.2, -0.15) is 16.8 Å². The van der Waals surface area contributed by atoms with Gasteiger partial charge in [0, 0.05) is 12.3 Å². The third kappa shape index (κ3) is 5.00. The largest absolute Gasteiger partial charge is 0.328 e. The lowest BCUT2D eigenvalue weighted by Crippen LogP contribution is -2.41. The highest BCUT2D eigenvalue weighted by Crippen LogP contribution is 2.41. The first-order valence-corrected chi connectivity index (χ1v) is 11.1. The fourth-order valence-corrected chi connectivity index (χ4v) is 4.39. The summed E-state index contributed by atoms with van der Waals surface area (Å²) in [7, 11) is -7.83. The van der Waals surface area contributed by atoms with Crippen LogP contribution in [0.3, 0.4) is 0 Å². The van der Waals surface area contributed by atoms with Gasteiger partial charge in [0.2, 0.25) is 0 Å². The summed E-state index contributed by atoms with van der Waals surface area (Å²) in [6.07, 6.45) is 1.35. The van der Waals surface area contributed by atoms with Crippen LogP contribution in [-0.2, 0) is 28.6 Å². The number of nitrogens with zero attached hydrogens (tertiary/aromatic N) is 1. The van der Waals surface area contributed by atoms with Gasteiger partial charge in [0.15, 0.2) is 0 Å². The van der Waals surface area contributed by atoms with Crippen LogP contribution in [0.25, 0.3) is 0 Å². The first-order chi connectivity index (χ1) is 11.4. The smallest absolute Gasteiger partial charge is 0.295 e. The summed E-state index contributed by atoms with van der Waals surface area (Å²) >= 11 is 0. The molecular formula is C13H20N2O8S2. The summed E-state index contributed by atoms with van der Waals surface area (Å²) < 4.78 is 57.7. The SMILES string of the molecule is CC[C@H]1C[C@@H](n2ccc(=O)[nH]c2=O)C(OS(C)(=O)=O)[C@H]1OS(C)(=O)=O. The Hall–Kier alpha value is -1.50. The average molecular weight is 396 g/mol. The Morgan fingerprint density at radius 2 is 1.68 bits per heavy atom. The van der Waals surface area contributed by atoms with E-state index in [0.29, 0.717) is 6.42 Å². The Labute approximate surface area is 145 Å². The second-order valence-electron chi connectivity index (χ2n) is 6.02. The minimum atomic E-state index is -3.95. The van der Waals surface area contributed by atoms with Gasteiger partial charge in [0.25, 0.3) is 25.8 Å². The molecule has 142 valence electrons. The van der Waals surface area contributed by atoms with Crippen LogP contribution in [0.15, 0.2) is 21.9 Å². The zero-order chi connectivity index (χ0) is 19.0. The van der Waals surface area contributed by atoms with Gasteiger partial charge in [-0.1, -0.05) is 13.3 Å². The van der Waals surface area contributed by atoms with E-state index in [9.17, 15) is 26.4 Å². The molecule has 0 saturated heterocycles. The molecule has 1 N–H and O–H groups in total. The topological polar surface area (TPSA) is 142 Å². The van der Waals surface area contributed by atoms with Crippen molar-refractivity contribution in [3.63, 3.8) is 0 Å². The van der Waals surface area contributed by atoms with E-state index in [4.69, 9.17) is 8.37 Å². The lowest BCUT2D eigenvalue weighted by atomic mass is 10.0. The van der Waals surface area contributed by atoms with E-state index < -0.39 is 49.7 Å². The Morgan fingerprint density at radius 3 is 2.16 bits per heavy atom. The quantitative estimate of drug-likeness (QED) is 0.616. The molecule has 0 bridgehead atoms. The van der Waals surface area contributed by atoms with Gasteiger partial charge in [0.1, 0.15) is 12.2 Å². The highest BCUT2D eigenvalue weighted by Gasteiger charge is 2.48. The van der Waals surface area contributed by atoms with Crippen molar-refractivity contribution in [2.45, 2.75) is 38.0 Å². The molecule has 0 aromatic carbocycles. The average Bonchev–Trinajstić information content (AvgIpc) is 2.73. The molecule has 12 heteroatoms. The van der Waals surface area contributed by atoms with Gasteiger partial charge in [-0.25, -0.2) is 4.79 Å². The van der Waals surface area contributed by atoms with Crippen LogP contribution in [0.2, 0.25) is 0 Å². The number of rotatable bonds is 6. The van der Waals surface area contributed by atoms with Crippen molar-refractivity contribution >= 4 is 20.2 Å². The van der Waals surface area contributed by atoms with Crippen molar-refractivity contribution in [2.75, 3.05) is 12.5 Å². The number of H-pyrrole nitrogens is 1. The Bertz CT molecular complexity index is 947. The van der Waals surface area contributed by atoms with E-state index in [0.717, 1.165) is 23.1 Å². The van der Waals surface area contributed by atoms with E-state index >= 15 is 0 Å². The maximum absolute atomic E-state index is 12.1. The number of aromatic amines is 1. The highest BCUT2D eigenvalue weighted by atomic mass is 32.2. The predicted octanol–water partition coefficient (Wildman–Crippen LogP) is -0.803. The molecule has 0 aliphatic heterocycles. The molecule has 0 radical (unpaired) electrons. The van der Waals surface area contributed by atoms with Crippen molar-refractivity contribution in [1.82, 2.24) is 9.55 Å². The van der Waals surface area contributed by atoms with E-state index in [1.165, 1.54) is 6.20 Å². The fraction of sp³-hybridized carbons (Fsp3) is 0.692. The third-order valence-electron chi connectivity index (χ3n) is 4.02. The summed E-state index contributed by atoms with van der Waals surface area (Å²) in [6.45, 7) is 1.79. The van der Waals surface area contributed by atoms with Crippen LogP contribution in [0.4, 0.5) is 0 Å². The molecule has 1 aromatic heterocycles. The van der Waals surface area contributed by atoms with Crippen LogP contribution < -0.4 is 11.2 Å². The van der Waals surface area contributed by atoms with Crippen LogP contribution in [-0.4, -0.2) is 51.1 Å². The number of hydrogen-bond acceptors (Lipinski definition) is 8. The van der Waals surface area contributed by atoms with E-state index in [-0.39, 0.29) is 12.3 Å². The number of hydrogen-bond donors (Lipinski definition) is 1. The van der Waals surface area contributed by atoms with Gasteiger partial charge in [-0.05, 0) is 12.3 Å². The van der Waals surface area contributed by atoms with Crippen LogP contribution in [0.1, 0.15) is 25.8 Å². The van der Waals surface area contributed by atoms with E-state index in [2.05, 4.69) is 4.98 Å². The van der Waals surface area contributed by atoms with Crippen molar-refractivity contribution in [1.29, 1.82) is 0 Å². The molecule has 0 spiro atoms. The van der Waals surface area contributed by atoms with Crippen LogP contribution in [0, 0.1) is 5.92 Å². The molecule has 1 unspecified atom stereocenters. The van der Waals surface area contributed by atoms with Gasteiger partial charge < -0.3 is 0 Å². The molecule has 1 aromatic rings. The molecule has 25 heavy (non-hydrogen) atoms. The summed E-state index contributed by atoms with van der Waals surface area (Å²) in [5.74, 6) is -0.356. The summed E-state index contributed by atoms with van der Waals surface area (Å²) in [5, 5.41) is 0. The van der Waals surface area contributed by atoms with Gasteiger partial charge >= 0.3 is 5.69 Å². The Kier molecular flexibility index (Phi) is 5.56. The molecule has 1 aliphatic carbocycles. The maximum Gasteiger partial charge on any atom is 0.328 e. The Morgan fingerprint density at radius 1 is 1.12 bits per heavy atom. The summed E-state index contributed by atoms with van der Waals surface area (Å²) in [6, 6.07) is 0.306. The molecule has 1 aliphatic rings. The number of nitrogens with one attached hydrogen (secondary N) is 1. The minimum absolute atomic E-state index is 0.253. The summed E-state index contributed by atoms with van der Waals surface area (Å²) in [5.41, 5.74) is -1.34. The highest BCUT2D eigenvalue weighted by molar-refractivity contribution is 7.86. The molecule has 2 rings (SSSR count). The van der Waals surface area contributed by atoms with Gasteiger partial charge in [-0.3, -0.25) is 22.7 Å². The monoisotopic (exact) mass is 396 g/mol. The van der Waals surface area contributed by atoms with Crippen molar-refractivity contribution < 1.29 is 25.2 Å². The Balaban J connectivity index is 2.53. The number of aromatic nitrogens is 2. The molecule has 1 fully saturated rings. The lowest BCUT2D eigenvalue weighted by molar-refractivity contribution is 0.0472. The van der Waals surface area contributed by atoms with Crippen LogP contribution >= 0.6 is 0 Å². The second-order valence-corrected chi connectivity index (χ2v) is 9.22. The molecule has 10 nitrogen and oxygen atoms in total. The van der Waals surface area contributed by atoms with Crippen LogP contribution in [0.5, 0.6) is 0 Å². The van der Waals surface area contributed by atoms with Crippen molar-refractivity contribution in [3.05, 3.63) is 33.1 Å². The van der Waals surface area contributed by atoms with Crippen molar-refractivity contribution in [3.8, 4) is 0 Å². The standard InChI is InChI=1S/C13H20N2O8S2/c1-4-8-7-9(15-6-5-10(16)14-13(15)17)12(23-25(3,20)21)11(8)22-24(2,18)19/h5-6,8-9,11-12H,4,7H2,1-3H3,(H,14,16,17)/t8-,9+,11-,12?/m0/s1. The van der Waals surface area contributed by atoms with E-state index in [1.807, 2.05) is 0 Å². The lowest BCUT2D eigenvalue weighted by Gasteiger charge is -2.25. The van der Waals surface area contributed by atoms with E-state index in [1.54, 1.807) is 6.92 Å².